The van der Waals surface area contributed by atoms with Crippen LogP contribution in [0.2, 0.25) is 0 Å². The second-order valence-corrected chi connectivity index (χ2v) is 8.01. The fourth-order valence-corrected chi connectivity index (χ4v) is 3.86. The van der Waals surface area contributed by atoms with Crippen molar-refractivity contribution in [2.24, 2.45) is 0 Å². The molecule has 0 spiro atoms. The molecule has 160 valence electrons. The highest BCUT2D eigenvalue weighted by molar-refractivity contribution is 5.76. The maximum Gasteiger partial charge on any atom is 0.153 e. The minimum Gasteiger partial charge on any atom is -0.493 e. The van der Waals surface area contributed by atoms with Crippen molar-refractivity contribution in [3.8, 4) is 11.5 Å². The third-order valence-electron chi connectivity index (χ3n) is 5.48. The van der Waals surface area contributed by atoms with Gasteiger partial charge in [0.2, 0.25) is 0 Å². The second-order valence-electron chi connectivity index (χ2n) is 8.01. The molecular formula is C27H30N2O2. The van der Waals surface area contributed by atoms with E-state index in [4.69, 9.17) is 14.5 Å². The first-order chi connectivity index (χ1) is 15.1. The van der Waals surface area contributed by atoms with E-state index >= 15 is 0 Å². The zero-order valence-electron chi connectivity index (χ0n) is 18.5. The zero-order chi connectivity index (χ0) is 21.6. The van der Waals surface area contributed by atoms with Crippen molar-refractivity contribution in [3.05, 3.63) is 89.7 Å². The van der Waals surface area contributed by atoms with Crippen LogP contribution in [0, 0.1) is 13.8 Å². The van der Waals surface area contributed by atoms with Gasteiger partial charge in [0.15, 0.2) is 11.9 Å². The molecule has 4 nitrogen and oxygen atoms in total. The number of aryl methyl sites for hydroxylation is 3. The van der Waals surface area contributed by atoms with Gasteiger partial charge in [-0.2, -0.15) is 0 Å². The molecule has 31 heavy (non-hydrogen) atoms. The maximum absolute atomic E-state index is 6.24. The molecule has 4 aromatic rings. The zero-order valence-corrected chi connectivity index (χ0v) is 18.5. The maximum atomic E-state index is 6.24. The van der Waals surface area contributed by atoms with Gasteiger partial charge in [-0.3, -0.25) is 0 Å². The van der Waals surface area contributed by atoms with Gasteiger partial charge in [-0.1, -0.05) is 42.5 Å². The SMILES string of the molecule is Cc1cccc(OC(C)c2nc3ccccc3n2CCCCOc2ccccc2C)c1. The minimum absolute atomic E-state index is 0.141. The first-order valence-corrected chi connectivity index (χ1v) is 11.0. The van der Waals surface area contributed by atoms with Crippen LogP contribution in [-0.4, -0.2) is 16.2 Å². The van der Waals surface area contributed by atoms with Gasteiger partial charge in [-0.15, -0.1) is 0 Å². The third kappa shape index (κ3) is 5.08. The number of aromatic nitrogens is 2. The summed E-state index contributed by atoms with van der Waals surface area (Å²) in [6.45, 7) is 7.82. The highest BCUT2D eigenvalue weighted by Crippen LogP contribution is 2.26. The summed E-state index contributed by atoms with van der Waals surface area (Å²) in [6, 6.07) is 24.6. The lowest BCUT2D eigenvalue weighted by Crippen LogP contribution is -2.13. The first kappa shape index (κ1) is 21.0. The fraction of sp³-hybridized carbons (Fsp3) is 0.296. The van der Waals surface area contributed by atoms with Crippen LogP contribution >= 0.6 is 0 Å². The molecule has 4 rings (SSSR count). The van der Waals surface area contributed by atoms with Gasteiger partial charge in [0, 0.05) is 6.54 Å². The van der Waals surface area contributed by atoms with E-state index in [9.17, 15) is 0 Å². The number of imidazole rings is 1. The van der Waals surface area contributed by atoms with Crippen molar-refractivity contribution in [1.82, 2.24) is 9.55 Å². The Balaban J connectivity index is 1.44. The smallest absolute Gasteiger partial charge is 0.153 e. The van der Waals surface area contributed by atoms with E-state index in [1.54, 1.807) is 0 Å². The van der Waals surface area contributed by atoms with Crippen molar-refractivity contribution in [3.63, 3.8) is 0 Å². The molecule has 3 aromatic carbocycles. The van der Waals surface area contributed by atoms with Crippen LogP contribution in [0.3, 0.4) is 0 Å². The average Bonchev–Trinajstić information content (AvgIpc) is 3.14. The number of para-hydroxylation sites is 3. The lowest BCUT2D eigenvalue weighted by Gasteiger charge is -2.17. The van der Waals surface area contributed by atoms with Gasteiger partial charge in [-0.25, -0.2) is 4.98 Å². The summed E-state index contributed by atoms with van der Waals surface area (Å²) >= 11 is 0. The molecule has 0 saturated carbocycles. The Morgan fingerprint density at radius 3 is 2.55 bits per heavy atom. The molecule has 0 amide bonds. The van der Waals surface area contributed by atoms with Crippen LogP contribution in [0.4, 0.5) is 0 Å². The van der Waals surface area contributed by atoms with Crippen LogP contribution in [-0.2, 0) is 6.54 Å². The molecular weight excluding hydrogens is 384 g/mol. The molecule has 0 aliphatic heterocycles. The van der Waals surface area contributed by atoms with Gasteiger partial charge < -0.3 is 14.0 Å². The standard InChI is InChI=1S/C27H30N2O2/c1-20-11-10-13-23(19-20)31-22(3)27-28-24-14-5-6-15-25(24)29(27)17-8-9-18-30-26-16-7-4-12-21(26)2/h4-7,10-16,19,22H,8-9,17-18H2,1-3H3. The van der Waals surface area contributed by atoms with Crippen LogP contribution in [0.5, 0.6) is 11.5 Å². The molecule has 1 aromatic heterocycles. The minimum atomic E-state index is -0.141. The van der Waals surface area contributed by atoms with Gasteiger partial charge in [0.1, 0.15) is 11.5 Å². The molecule has 0 saturated heterocycles. The quantitative estimate of drug-likeness (QED) is 0.288. The highest BCUT2D eigenvalue weighted by Gasteiger charge is 2.18. The Bertz CT molecular complexity index is 1150. The summed E-state index contributed by atoms with van der Waals surface area (Å²) in [5.41, 5.74) is 4.52. The predicted molar refractivity (Wildman–Crippen MR) is 126 cm³/mol. The third-order valence-corrected chi connectivity index (χ3v) is 5.48. The van der Waals surface area contributed by atoms with E-state index in [2.05, 4.69) is 61.7 Å². The lowest BCUT2D eigenvalue weighted by molar-refractivity contribution is 0.210. The van der Waals surface area contributed by atoms with Crippen molar-refractivity contribution in [2.45, 2.75) is 46.3 Å². The second kappa shape index (κ2) is 9.69. The molecule has 0 aliphatic carbocycles. The van der Waals surface area contributed by atoms with Gasteiger partial charge >= 0.3 is 0 Å². The van der Waals surface area contributed by atoms with E-state index in [0.717, 1.165) is 47.7 Å². The van der Waals surface area contributed by atoms with Crippen molar-refractivity contribution in [1.29, 1.82) is 0 Å². The van der Waals surface area contributed by atoms with Gasteiger partial charge in [-0.05, 0) is 75.1 Å². The number of hydrogen-bond donors (Lipinski definition) is 0. The Hall–Kier alpha value is -3.27. The van der Waals surface area contributed by atoms with E-state index < -0.39 is 0 Å². The Labute approximate surface area is 184 Å². The van der Waals surface area contributed by atoms with Crippen LogP contribution < -0.4 is 9.47 Å². The summed E-state index contributed by atoms with van der Waals surface area (Å²) in [7, 11) is 0. The first-order valence-electron chi connectivity index (χ1n) is 11.0. The largest absolute Gasteiger partial charge is 0.493 e. The normalized spacial score (nSPS) is 12.1. The van der Waals surface area contributed by atoms with Crippen LogP contribution in [0.25, 0.3) is 11.0 Å². The molecule has 1 heterocycles. The molecule has 0 N–H and O–H groups in total. The van der Waals surface area contributed by atoms with Crippen molar-refractivity contribution >= 4 is 11.0 Å². The van der Waals surface area contributed by atoms with Crippen LogP contribution in [0.1, 0.15) is 42.8 Å². The Morgan fingerprint density at radius 1 is 0.903 bits per heavy atom. The van der Waals surface area contributed by atoms with Crippen molar-refractivity contribution < 1.29 is 9.47 Å². The molecule has 1 unspecified atom stereocenters. The average molecular weight is 415 g/mol. The molecule has 0 bridgehead atoms. The van der Waals surface area contributed by atoms with Crippen molar-refractivity contribution in [2.75, 3.05) is 6.61 Å². The number of fused-ring (bicyclic) bond motifs is 1. The number of rotatable bonds is 9. The number of hydrogen-bond acceptors (Lipinski definition) is 3. The molecule has 0 aliphatic rings. The van der Waals surface area contributed by atoms with Crippen LogP contribution in [0.15, 0.2) is 72.8 Å². The van der Waals surface area contributed by atoms with Gasteiger partial charge in [0.25, 0.3) is 0 Å². The number of benzene rings is 3. The fourth-order valence-electron chi connectivity index (χ4n) is 3.86. The summed E-state index contributed by atoms with van der Waals surface area (Å²) < 4.78 is 14.5. The van der Waals surface area contributed by atoms with E-state index in [-0.39, 0.29) is 6.10 Å². The lowest BCUT2D eigenvalue weighted by atomic mass is 10.2. The summed E-state index contributed by atoms with van der Waals surface area (Å²) in [5, 5.41) is 0. The number of unbranched alkanes of at least 4 members (excludes halogenated alkanes) is 1. The Kier molecular flexibility index (Phi) is 6.56. The molecule has 0 radical (unpaired) electrons. The van der Waals surface area contributed by atoms with E-state index in [1.807, 2.05) is 36.4 Å². The summed E-state index contributed by atoms with van der Waals surface area (Å²) in [5.74, 6) is 2.80. The Morgan fingerprint density at radius 2 is 1.71 bits per heavy atom. The predicted octanol–water partition coefficient (Wildman–Crippen LogP) is 6.65. The summed E-state index contributed by atoms with van der Waals surface area (Å²) in [4.78, 5) is 4.90. The van der Waals surface area contributed by atoms with E-state index in [0.29, 0.717) is 6.61 Å². The summed E-state index contributed by atoms with van der Waals surface area (Å²) in [6.07, 6.45) is 1.85. The monoisotopic (exact) mass is 414 g/mol. The topological polar surface area (TPSA) is 36.3 Å². The highest BCUT2D eigenvalue weighted by atomic mass is 16.5. The molecule has 1 atom stereocenters. The number of ether oxygens (including phenoxy) is 2. The molecule has 4 heteroatoms. The number of nitrogens with zero attached hydrogens (tertiary/aromatic N) is 2. The van der Waals surface area contributed by atoms with Gasteiger partial charge in [0.05, 0.1) is 17.6 Å². The van der Waals surface area contributed by atoms with E-state index in [1.165, 1.54) is 11.1 Å². The molecule has 0 fully saturated rings.